The highest BCUT2D eigenvalue weighted by atomic mass is 35.5. The van der Waals surface area contributed by atoms with E-state index in [1.54, 1.807) is 26.8 Å². The van der Waals surface area contributed by atoms with Gasteiger partial charge in [-0.3, -0.25) is 14.6 Å². The molecule has 1 aromatic carbocycles. The first-order valence-electron chi connectivity index (χ1n) is 7.63. The molecule has 0 radical (unpaired) electrons. The predicted octanol–water partition coefficient (Wildman–Crippen LogP) is 2.44. The minimum atomic E-state index is -0.770. The van der Waals surface area contributed by atoms with E-state index in [4.69, 9.17) is 17.3 Å². The molecule has 134 valence electrons. The first kappa shape index (κ1) is 17.8. The number of hydrogen-bond donors (Lipinski definition) is 2. The Kier molecular flexibility index (Phi) is 4.37. The highest BCUT2D eigenvalue weighted by Gasteiger charge is 2.22. The average Bonchev–Trinajstić information content (AvgIpc) is 2.95. The number of benzene rings is 1. The predicted molar refractivity (Wildman–Crippen MR) is 95.1 cm³/mol. The number of rotatable bonds is 3. The van der Waals surface area contributed by atoms with Gasteiger partial charge in [0.1, 0.15) is 5.82 Å². The molecule has 2 aromatic heterocycles. The van der Waals surface area contributed by atoms with Crippen molar-refractivity contribution in [3.8, 4) is 17.2 Å². The number of primary amides is 1. The number of nitrogens with one attached hydrogen (secondary N) is 1. The van der Waals surface area contributed by atoms with Crippen molar-refractivity contribution in [3.05, 3.63) is 61.9 Å². The van der Waals surface area contributed by atoms with Gasteiger partial charge in [-0.05, 0) is 39.0 Å². The van der Waals surface area contributed by atoms with Gasteiger partial charge < -0.3 is 5.73 Å². The Bertz CT molecular complexity index is 1100. The molecule has 3 N–H and O–H groups in total. The summed E-state index contributed by atoms with van der Waals surface area (Å²) in [7, 11) is 0. The fourth-order valence-corrected chi connectivity index (χ4v) is 2.84. The number of hydrogen-bond acceptors (Lipinski definition) is 4. The monoisotopic (exact) mass is 375 g/mol. The van der Waals surface area contributed by atoms with Gasteiger partial charge in [0.15, 0.2) is 0 Å². The average molecular weight is 376 g/mol. The molecule has 26 heavy (non-hydrogen) atoms. The van der Waals surface area contributed by atoms with Crippen molar-refractivity contribution < 1.29 is 9.18 Å². The molecule has 0 saturated carbocycles. The first-order valence-corrected chi connectivity index (χ1v) is 8.01. The first-order chi connectivity index (χ1) is 12.2. The summed E-state index contributed by atoms with van der Waals surface area (Å²) in [5.41, 5.74) is 7.03. The van der Waals surface area contributed by atoms with Gasteiger partial charge in [-0.1, -0.05) is 11.6 Å². The maximum absolute atomic E-state index is 14.0. The zero-order valence-corrected chi connectivity index (χ0v) is 15.0. The summed E-state index contributed by atoms with van der Waals surface area (Å²) in [6, 6.07) is 3.92. The van der Waals surface area contributed by atoms with Crippen LogP contribution >= 0.6 is 11.6 Å². The van der Waals surface area contributed by atoms with Gasteiger partial charge in [0.05, 0.1) is 22.0 Å². The third-order valence-electron chi connectivity index (χ3n) is 4.03. The lowest BCUT2D eigenvalue weighted by Crippen LogP contribution is -2.19. The Balaban J connectivity index is 2.36. The van der Waals surface area contributed by atoms with Crippen molar-refractivity contribution >= 4 is 17.5 Å². The topological polar surface area (TPSA) is 107 Å². The summed E-state index contributed by atoms with van der Waals surface area (Å²) in [6.07, 6.45) is 0. The third-order valence-corrected chi connectivity index (χ3v) is 4.40. The van der Waals surface area contributed by atoms with Crippen molar-refractivity contribution in [2.75, 3.05) is 0 Å². The summed E-state index contributed by atoms with van der Waals surface area (Å²) in [6.45, 7) is 5.04. The number of carbonyl (C=O) groups is 1. The van der Waals surface area contributed by atoms with Crippen molar-refractivity contribution in [2.24, 2.45) is 5.73 Å². The molecule has 0 fully saturated rings. The zero-order valence-electron chi connectivity index (χ0n) is 14.2. The van der Waals surface area contributed by atoms with E-state index >= 15 is 0 Å². The number of aromatic nitrogens is 4. The van der Waals surface area contributed by atoms with Crippen molar-refractivity contribution in [1.82, 2.24) is 19.7 Å². The van der Waals surface area contributed by atoms with Crippen LogP contribution in [0.15, 0.2) is 23.0 Å². The molecule has 0 atom stereocenters. The molecule has 0 saturated heterocycles. The second kappa shape index (κ2) is 6.38. The fourth-order valence-electron chi connectivity index (χ4n) is 2.58. The molecule has 0 unspecified atom stereocenters. The van der Waals surface area contributed by atoms with Crippen LogP contribution < -0.4 is 11.3 Å². The second-order valence-corrected chi connectivity index (χ2v) is 6.21. The molecule has 0 aliphatic carbocycles. The summed E-state index contributed by atoms with van der Waals surface area (Å²) >= 11 is 6.12. The van der Waals surface area contributed by atoms with Crippen LogP contribution in [-0.2, 0) is 0 Å². The molecule has 3 rings (SSSR count). The third kappa shape index (κ3) is 2.88. The van der Waals surface area contributed by atoms with Gasteiger partial charge in [-0.15, -0.1) is 0 Å². The van der Waals surface area contributed by atoms with E-state index in [1.165, 1.54) is 10.7 Å². The van der Waals surface area contributed by atoms with Gasteiger partial charge in [0.2, 0.25) is 11.9 Å². The largest absolute Gasteiger partial charge is 0.366 e. The lowest BCUT2D eigenvalue weighted by Gasteiger charge is -2.12. The Hall–Kier alpha value is -3.00. The van der Waals surface area contributed by atoms with Crippen molar-refractivity contribution in [3.63, 3.8) is 0 Å². The summed E-state index contributed by atoms with van der Waals surface area (Å²) in [4.78, 5) is 30.8. The van der Waals surface area contributed by atoms with Crippen LogP contribution in [0.4, 0.5) is 4.39 Å². The Morgan fingerprint density at radius 1 is 1.31 bits per heavy atom. The number of halogens is 2. The number of nitrogens with two attached hydrogens (primary N) is 1. The van der Waals surface area contributed by atoms with E-state index in [9.17, 15) is 14.0 Å². The number of aryl methyl sites for hydroxylation is 2. The molecule has 1 amide bonds. The van der Waals surface area contributed by atoms with Crippen molar-refractivity contribution in [1.29, 1.82) is 0 Å². The maximum Gasteiger partial charge on any atom is 0.255 e. The Morgan fingerprint density at radius 3 is 2.62 bits per heavy atom. The number of H-pyrrole nitrogens is 1. The highest BCUT2D eigenvalue weighted by molar-refractivity contribution is 6.34. The molecule has 0 bridgehead atoms. The van der Waals surface area contributed by atoms with Crippen LogP contribution in [0.3, 0.4) is 0 Å². The van der Waals surface area contributed by atoms with Crippen LogP contribution in [-0.4, -0.2) is 25.7 Å². The van der Waals surface area contributed by atoms with Gasteiger partial charge in [-0.2, -0.15) is 9.78 Å². The van der Waals surface area contributed by atoms with Gasteiger partial charge in [0.25, 0.3) is 5.56 Å². The van der Waals surface area contributed by atoms with Crippen LogP contribution in [0.2, 0.25) is 5.02 Å². The number of nitrogens with zero attached hydrogens (tertiary/aromatic N) is 3. The smallest absolute Gasteiger partial charge is 0.255 e. The Morgan fingerprint density at radius 2 is 2.00 bits per heavy atom. The molecule has 0 spiro atoms. The van der Waals surface area contributed by atoms with Crippen LogP contribution in [0.5, 0.6) is 0 Å². The molecule has 0 aliphatic heterocycles. The minimum absolute atomic E-state index is 0.0312. The summed E-state index contributed by atoms with van der Waals surface area (Å²) in [5.74, 6) is -1.36. The van der Waals surface area contributed by atoms with Gasteiger partial charge >= 0.3 is 0 Å². The number of carbonyl (C=O) groups excluding carboxylic acids is 1. The van der Waals surface area contributed by atoms with E-state index in [0.29, 0.717) is 17.0 Å². The highest BCUT2D eigenvalue weighted by Crippen LogP contribution is 2.34. The SMILES string of the molecule is Cc1cc(-c2c(C(N)=O)ccc(F)c2Cl)n(-c2nc(C)c(C)c(=O)[nH]2)n1. The van der Waals surface area contributed by atoms with E-state index in [0.717, 1.165) is 6.07 Å². The Labute approximate surface area is 152 Å². The van der Waals surface area contributed by atoms with E-state index in [-0.39, 0.29) is 33.4 Å². The molecule has 0 aliphatic rings. The zero-order chi connectivity index (χ0) is 19.2. The van der Waals surface area contributed by atoms with Crippen LogP contribution in [0.1, 0.15) is 27.3 Å². The summed E-state index contributed by atoms with van der Waals surface area (Å²) < 4.78 is 15.3. The van der Waals surface area contributed by atoms with E-state index in [1.807, 2.05) is 0 Å². The van der Waals surface area contributed by atoms with Crippen molar-refractivity contribution in [2.45, 2.75) is 20.8 Å². The standard InChI is InChI=1S/C17H15ClFN5O2/c1-7-6-12(13-10(15(20)25)4-5-11(19)14(13)18)24(23-7)17-21-9(3)8(2)16(26)22-17/h4-6H,1-3H3,(H2,20,25)(H,21,22,26). The number of amides is 1. The molecule has 7 nitrogen and oxygen atoms in total. The molecular weight excluding hydrogens is 361 g/mol. The lowest BCUT2D eigenvalue weighted by atomic mass is 10.0. The minimum Gasteiger partial charge on any atom is -0.366 e. The lowest BCUT2D eigenvalue weighted by molar-refractivity contribution is 0.100. The quantitative estimate of drug-likeness (QED) is 0.733. The number of aromatic amines is 1. The normalized spacial score (nSPS) is 11.0. The molecular formula is C17H15ClFN5O2. The second-order valence-electron chi connectivity index (χ2n) is 5.83. The fraction of sp³-hybridized carbons (Fsp3) is 0.176. The van der Waals surface area contributed by atoms with Crippen LogP contribution in [0.25, 0.3) is 17.2 Å². The molecule has 2 heterocycles. The van der Waals surface area contributed by atoms with E-state index < -0.39 is 11.7 Å². The van der Waals surface area contributed by atoms with Gasteiger partial charge in [-0.25, -0.2) is 9.37 Å². The van der Waals surface area contributed by atoms with Gasteiger partial charge in [0, 0.05) is 16.8 Å². The molecule has 3 aromatic rings. The summed E-state index contributed by atoms with van der Waals surface area (Å²) in [5, 5.41) is 4.02. The van der Waals surface area contributed by atoms with E-state index in [2.05, 4.69) is 15.1 Å². The molecule has 9 heteroatoms. The maximum atomic E-state index is 14.0. The van der Waals surface area contributed by atoms with Crippen LogP contribution in [0, 0.1) is 26.6 Å².